The van der Waals surface area contributed by atoms with Crippen LogP contribution in [0.1, 0.15) is 6.42 Å². The standard InChI is InChI=1S/C8H13NO2/c1-11-8(10)7-5-2-6(7)4-9-3-5/h5-7,9H,2-4H2,1H3/t5-,6+,7?. The summed E-state index contributed by atoms with van der Waals surface area (Å²) >= 11 is 0. The van der Waals surface area contributed by atoms with Gasteiger partial charge in [-0.15, -0.1) is 0 Å². The molecule has 62 valence electrons. The Morgan fingerprint density at radius 3 is 2.55 bits per heavy atom. The first-order valence-electron chi connectivity index (χ1n) is 4.11. The molecular weight excluding hydrogens is 142 g/mol. The van der Waals surface area contributed by atoms with Crippen LogP contribution in [0, 0.1) is 17.8 Å². The van der Waals surface area contributed by atoms with Gasteiger partial charge in [0.2, 0.25) is 0 Å². The second kappa shape index (κ2) is 2.48. The Bertz CT molecular complexity index is 167. The van der Waals surface area contributed by atoms with E-state index in [4.69, 9.17) is 4.74 Å². The molecule has 1 N–H and O–H groups in total. The largest absolute Gasteiger partial charge is 0.469 e. The summed E-state index contributed by atoms with van der Waals surface area (Å²) in [7, 11) is 1.48. The predicted octanol–water partition coefficient (Wildman–Crippen LogP) is 0.0149. The highest BCUT2D eigenvalue weighted by Gasteiger charge is 2.48. The van der Waals surface area contributed by atoms with Crippen molar-refractivity contribution in [3.8, 4) is 0 Å². The monoisotopic (exact) mass is 155 g/mol. The Hall–Kier alpha value is -0.570. The van der Waals surface area contributed by atoms with Crippen LogP contribution >= 0.6 is 0 Å². The third-order valence-electron chi connectivity index (χ3n) is 2.91. The zero-order valence-electron chi connectivity index (χ0n) is 6.67. The summed E-state index contributed by atoms with van der Waals surface area (Å²) in [6.45, 7) is 1.99. The van der Waals surface area contributed by atoms with Gasteiger partial charge in [-0.25, -0.2) is 0 Å². The molecule has 0 radical (unpaired) electrons. The van der Waals surface area contributed by atoms with Crippen molar-refractivity contribution >= 4 is 5.97 Å². The van der Waals surface area contributed by atoms with E-state index in [0.717, 1.165) is 13.1 Å². The summed E-state index contributed by atoms with van der Waals surface area (Å²) in [5.41, 5.74) is 0. The minimum atomic E-state index is -0.00671. The highest BCUT2D eigenvalue weighted by atomic mass is 16.5. The van der Waals surface area contributed by atoms with Crippen molar-refractivity contribution < 1.29 is 9.53 Å². The Kier molecular flexibility index (Phi) is 1.60. The van der Waals surface area contributed by atoms with Crippen molar-refractivity contribution in [3.63, 3.8) is 0 Å². The van der Waals surface area contributed by atoms with Gasteiger partial charge in [-0.2, -0.15) is 0 Å². The van der Waals surface area contributed by atoms with E-state index in [0.29, 0.717) is 11.8 Å². The molecule has 11 heavy (non-hydrogen) atoms. The van der Waals surface area contributed by atoms with Gasteiger partial charge in [0.1, 0.15) is 0 Å². The predicted molar refractivity (Wildman–Crippen MR) is 40.0 cm³/mol. The van der Waals surface area contributed by atoms with Crippen LogP contribution in [0.15, 0.2) is 0 Å². The lowest BCUT2D eigenvalue weighted by Gasteiger charge is -2.47. The number of ether oxygens (including phenoxy) is 1. The Morgan fingerprint density at radius 1 is 1.45 bits per heavy atom. The molecule has 1 unspecified atom stereocenters. The second-order valence-electron chi connectivity index (χ2n) is 3.46. The normalized spacial score (nSPS) is 41.0. The quantitative estimate of drug-likeness (QED) is 0.542. The number of methoxy groups -OCH3 is 1. The van der Waals surface area contributed by atoms with Crippen LogP contribution in [-0.2, 0) is 9.53 Å². The van der Waals surface area contributed by atoms with Crippen LogP contribution in [0.4, 0.5) is 0 Å². The number of carbonyl (C=O) groups excluding carboxylic acids is 1. The highest BCUT2D eigenvalue weighted by Crippen LogP contribution is 2.42. The Balaban J connectivity index is 2.00. The SMILES string of the molecule is COC(=O)C1[C@@H]2CNC[C@H]1C2. The lowest BCUT2D eigenvalue weighted by Crippen LogP contribution is -2.56. The third-order valence-corrected chi connectivity index (χ3v) is 2.91. The zero-order valence-corrected chi connectivity index (χ0v) is 6.67. The van der Waals surface area contributed by atoms with Crippen molar-refractivity contribution in [1.29, 1.82) is 0 Å². The van der Waals surface area contributed by atoms with Gasteiger partial charge in [-0.1, -0.05) is 0 Å². The molecule has 0 spiro atoms. The topological polar surface area (TPSA) is 38.3 Å². The Morgan fingerprint density at radius 2 is 2.09 bits per heavy atom. The van der Waals surface area contributed by atoms with Crippen molar-refractivity contribution in [2.75, 3.05) is 20.2 Å². The van der Waals surface area contributed by atoms with Gasteiger partial charge in [0.25, 0.3) is 0 Å². The highest BCUT2D eigenvalue weighted by molar-refractivity contribution is 5.74. The van der Waals surface area contributed by atoms with Gasteiger partial charge in [-0.3, -0.25) is 4.79 Å². The minimum absolute atomic E-state index is 0.00671. The van der Waals surface area contributed by atoms with Crippen LogP contribution < -0.4 is 5.32 Å². The van der Waals surface area contributed by atoms with Crippen LogP contribution in [0.25, 0.3) is 0 Å². The summed E-state index contributed by atoms with van der Waals surface area (Å²) in [6, 6.07) is 0. The molecule has 3 rings (SSSR count). The number of nitrogens with one attached hydrogen (secondary N) is 1. The van der Waals surface area contributed by atoms with E-state index in [2.05, 4.69) is 5.32 Å². The molecule has 0 aromatic heterocycles. The van der Waals surface area contributed by atoms with E-state index < -0.39 is 0 Å². The average molecular weight is 155 g/mol. The minimum Gasteiger partial charge on any atom is -0.469 e. The van der Waals surface area contributed by atoms with E-state index in [1.54, 1.807) is 0 Å². The molecule has 2 saturated heterocycles. The van der Waals surface area contributed by atoms with Crippen LogP contribution in [-0.4, -0.2) is 26.2 Å². The molecule has 3 nitrogen and oxygen atoms in total. The number of fused-ring (bicyclic) bond motifs is 2. The fraction of sp³-hybridized carbons (Fsp3) is 0.875. The third kappa shape index (κ3) is 0.948. The maximum absolute atomic E-state index is 11.2. The molecule has 3 heteroatoms. The number of esters is 1. The molecule has 0 aromatic carbocycles. The van der Waals surface area contributed by atoms with Gasteiger partial charge in [0, 0.05) is 0 Å². The molecule has 0 aromatic rings. The number of rotatable bonds is 1. The summed E-state index contributed by atoms with van der Waals surface area (Å²) in [4.78, 5) is 11.2. The molecular formula is C8H13NO2. The molecule has 2 heterocycles. The van der Waals surface area contributed by atoms with Gasteiger partial charge < -0.3 is 10.1 Å². The van der Waals surface area contributed by atoms with Crippen LogP contribution in [0.3, 0.4) is 0 Å². The summed E-state index contributed by atoms with van der Waals surface area (Å²) < 4.78 is 4.72. The zero-order chi connectivity index (χ0) is 7.84. The second-order valence-corrected chi connectivity index (χ2v) is 3.46. The van der Waals surface area contributed by atoms with Gasteiger partial charge in [-0.05, 0) is 31.3 Å². The molecule has 3 fully saturated rings. The van der Waals surface area contributed by atoms with Gasteiger partial charge in [0.05, 0.1) is 13.0 Å². The molecule has 1 aliphatic carbocycles. The lowest BCUT2D eigenvalue weighted by molar-refractivity contribution is -0.158. The number of carbonyl (C=O) groups is 1. The molecule has 1 saturated carbocycles. The maximum atomic E-state index is 11.2. The van der Waals surface area contributed by atoms with Crippen molar-refractivity contribution in [2.45, 2.75) is 6.42 Å². The number of piperidine rings is 2. The summed E-state index contributed by atoms with van der Waals surface area (Å²) in [5, 5.41) is 3.29. The fourth-order valence-corrected chi connectivity index (χ4v) is 2.27. The first-order valence-corrected chi connectivity index (χ1v) is 4.11. The van der Waals surface area contributed by atoms with Crippen LogP contribution in [0.2, 0.25) is 0 Å². The smallest absolute Gasteiger partial charge is 0.309 e. The molecule has 0 amide bonds. The molecule has 3 atom stereocenters. The Labute approximate surface area is 66.1 Å². The molecule has 2 bridgehead atoms. The van der Waals surface area contributed by atoms with E-state index >= 15 is 0 Å². The molecule has 2 aliphatic heterocycles. The van der Waals surface area contributed by atoms with E-state index in [9.17, 15) is 4.79 Å². The first-order chi connectivity index (χ1) is 5.33. The lowest BCUT2D eigenvalue weighted by atomic mass is 9.62. The fourth-order valence-electron chi connectivity index (χ4n) is 2.27. The maximum Gasteiger partial charge on any atom is 0.309 e. The van der Waals surface area contributed by atoms with Gasteiger partial charge in [0.15, 0.2) is 0 Å². The van der Waals surface area contributed by atoms with Crippen molar-refractivity contribution in [3.05, 3.63) is 0 Å². The van der Waals surface area contributed by atoms with E-state index in [-0.39, 0.29) is 11.9 Å². The number of hydrogen-bond acceptors (Lipinski definition) is 3. The van der Waals surface area contributed by atoms with E-state index in [1.807, 2.05) is 0 Å². The van der Waals surface area contributed by atoms with Crippen LogP contribution in [0.5, 0.6) is 0 Å². The first kappa shape index (κ1) is 7.10. The van der Waals surface area contributed by atoms with Crippen molar-refractivity contribution in [2.24, 2.45) is 17.8 Å². The average Bonchev–Trinajstić information content (AvgIpc) is 2.05. The van der Waals surface area contributed by atoms with Crippen molar-refractivity contribution in [1.82, 2.24) is 5.32 Å². The van der Waals surface area contributed by atoms with E-state index in [1.165, 1.54) is 13.5 Å². The summed E-state index contributed by atoms with van der Waals surface area (Å²) in [5.74, 6) is 1.32. The summed E-state index contributed by atoms with van der Waals surface area (Å²) in [6.07, 6.45) is 1.22. The number of hydrogen-bond donors (Lipinski definition) is 1. The molecule has 3 aliphatic rings. The van der Waals surface area contributed by atoms with Gasteiger partial charge >= 0.3 is 5.97 Å².